The molecule has 0 saturated carbocycles. The minimum absolute atomic E-state index is 0.00207. The molecule has 110 valence electrons. The maximum atomic E-state index is 13.3. The number of nitrogens with zero attached hydrogens (tertiary/aromatic N) is 1. The van der Waals surface area contributed by atoms with E-state index in [1.165, 1.54) is 12.1 Å². The number of nitrogens with one attached hydrogen (secondary N) is 1. The van der Waals surface area contributed by atoms with E-state index in [1.807, 2.05) is 4.90 Å². The van der Waals surface area contributed by atoms with E-state index in [0.29, 0.717) is 17.9 Å². The van der Waals surface area contributed by atoms with Gasteiger partial charge in [-0.05, 0) is 45.0 Å². The third-order valence-corrected chi connectivity index (χ3v) is 3.46. The number of ether oxygens (including phenoxy) is 1. The van der Waals surface area contributed by atoms with Crippen molar-refractivity contribution in [3.63, 3.8) is 0 Å². The van der Waals surface area contributed by atoms with Crippen molar-refractivity contribution in [2.24, 2.45) is 0 Å². The Kier molecular flexibility index (Phi) is 4.95. The first-order valence-corrected chi connectivity index (χ1v) is 7.00. The second-order valence-corrected chi connectivity index (χ2v) is 5.07. The fraction of sp³-hybridized carbons (Fsp3) is 0.533. The summed E-state index contributed by atoms with van der Waals surface area (Å²) < 4.78 is 19.0. The highest BCUT2D eigenvalue weighted by Crippen LogP contribution is 2.22. The molecule has 1 aromatic carbocycles. The normalized spacial score (nSPS) is 16.2. The van der Waals surface area contributed by atoms with E-state index >= 15 is 0 Å². The average molecular weight is 280 g/mol. The monoisotopic (exact) mass is 280 g/mol. The highest BCUT2D eigenvalue weighted by Gasteiger charge is 2.25. The summed E-state index contributed by atoms with van der Waals surface area (Å²) in [5, 5.41) is 2.97. The lowest BCUT2D eigenvalue weighted by Crippen LogP contribution is -2.38. The van der Waals surface area contributed by atoms with Crippen LogP contribution in [0.3, 0.4) is 0 Å². The number of amides is 1. The van der Waals surface area contributed by atoms with Crippen LogP contribution in [0.2, 0.25) is 0 Å². The first kappa shape index (κ1) is 14.8. The van der Waals surface area contributed by atoms with Crippen LogP contribution in [0.25, 0.3) is 0 Å². The van der Waals surface area contributed by atoms with Crippen molar-refractivity contribution in [1.29, 1.82) is 0 Å². The van der Waals surface area contributed by atoms with Crippen molar-refractivity contribution in [2.45, 2.75) is 32.4 Å². The Hall–Kier alpha value is -1.62. The zero-order chi connectivity index (χ0) is 14.5. The van der Waals surface area contributed by atoms with Gasteiger partial charge in [-0.1, -0.05) is 0 Å². The molecule has 2 rings (SSSR count). The summed E-state index contributed by atoms with van der Waals surface area (Å²) in [6.07, 6.45) is 1.56. The molecule has 20 heavy (non-hydrogen) atoms. The van der Waals surface area contributed by atoms with E-state index in [0.717, 1.165) is 25.9 Å². The molecule has 1 N–H and O–H groups in total. The van der Waals surface area contributed by atoms with Crippen molar-refractivity contribution in [2.75, 3.05) is 20.1 Å². The second-order valence-electron chi connectivity index (χ2n) is 5.07. The van der Waals surface area contributed by atoms with Gasteiger partial charge in [0.15, 0.2) is 6.10 Å². The first-order valence-electron chi connectivity index (χ1n) is 7.00. The minimum Gasteiger partial charge on any atom is -0.481 e. The number of likely N-dealkylation sites (tertiary alicyclic amines) is 1. The molecule has 0 spiro atoms. The maximum absolute atomic E-state index is 13.3. The van der Waals surface area contributed by atoms with E-state index in [4.69, 9.17) is 4.74 Å². The molecule has 1 saturated heterocycles. The smallest absolute Gasteiger partial charge is 0.263 e. The molecular weight excluding hydrogens is 259 g/mol. The Morgan fingerprint density at radius 3 is 2.80 bits per heavy atom. The van der Waals surface area contributed by atoms with Crippen LogP contribution >= 0.6 is 0 Å². The highest BCUT2D eigenvalue weighted by atomic mass is 19.1. The van der Waals surface area contributed by atoms with Gasteiger partial charge in [0.05, 0.1) is 0 Å². The molecule has 0 aromatic heterocycles. The van der Waals surface area contributed by atoms with Crippen molar-refractivity contribution in [1.82, 2.24) is 10.2 Å². The maximum Gasteiger partial charge on any atom is 0.263 e. The fourth-order valence-electron chi connectivity index (χ4n) is 2.43. The Labute approximate surface area is 118 Å². The number of halogens is 1. The summed E-state index contributed by atoms with van der Waals surface area (Å²) in [6.45, 7) is 3.85. The molecule has 1 heterocycles. The van der Waals surface area contributed by atoms with Crippen molar-refractivity contribution >= 4 is 5.91 Å². The Balaban J connectivity index is 2.06. The number of carbonyl (C=O) groups excluding carboxylic acids is 1. The molecule has 1 atom stereocenters. The lowest BCUT2D eigenvalue weighted by atomic mass is 10.2. The van der Waals surface area contributed by atoms with E-state index in [2.05, 4.69) is 5.32 Å². The number of hydrogen-bond acceptors (Lipinski definition) is 3. The third kappa shape index (κ3) is 3.48. The van der Waals surface area contributed by atoms with Gasteiger partial charge in [0.25, 0.3) is 5.91 Å². The van der Waals surface area contributed by atoms with Crippen molar-refractivity contribution in [3.8, 4) is 5.75 Å². The van der Waals surface area contributed by atoms with Crippen LogP contribution in [-0.2, 0) is 11.3 Å². The molecule has 0 radical (unpaired) electrons. The average Bonchev–Trinajstić information content (AvgIpc) is 2.95. The number of benzene rings is 1. The largest absolute Gasteiger partial charge is 0.481 e. The van der Waals surface area contributed by atoms with Crippen molar-refractivity contribution in [3.05, 3.63) is 29.6 Å². The van der Waals surface area contributed by atoms with Gasteiger partial charge in [0, 0.05) is 25.2 Å². The zero-order valence-electron chi connectivity index (χ0n) is 12.0. The highest BCUT2D eigenvalue weighted by molar-refractivity contribution is 5.81. The molecule has 0 bridgehead atoms. The van der Waals surface area contributed by atoms with Gasteiger partial charge in [-0.2, -0.15) is 0 Å². The summed E-state index contributed by atoms with van der Waals surface area (Å²) >= 11 is 0. The minimum atomic E-state index is -0.547. The van der Waals surface area contributed by atoms with Gasteiger partial charge in [-0.25, -0.2) is 4.39 Å². The number of rotatable bonds is 5. The van der Waals surface area contributed by atoms with E-state index in [9.17, 15) is 9.18 Å². The van der Waals surface area contributed by atoms with Gasteiger partial charge in [-0.15, -0.1) is 0 Å². The molecule has 1 unspecified atom stereocenters. The molecule has 4 nitrogen and oxygen atoms in total. The summed E-state index contributed by atoms with van der Waals surface area (Å²) in [4.78, 5) is 14.0. The predicted octanol–water partition coefficient (Wildman–Crippen LogP) is 1.93. The molecule has 1 amide bonds. The van der Waals surface area contributed by atoms with Gasteiger partial charge < -0.3 is 15.0 Å². The van der Waals surface area contributed by atoms with Crippen LogP contribution in [0.15, 0.2) is 18.2 Å². The second kappa shape index (κ2) is 6.70. The Morgan fingerprint density at radius 1 is 1.45 bits per heavy atom. The molecule has 1 aliphatic rings. The summed E-state index contributed by atoms with van der Waals surface area (Å²) in [5.41, 5.74) is 0.716. The van der Waals surface area contributed by atoms with Crippen LogP contribution in [0.5, 0.6) is 5.75 Å². The van der Waals surface area contributed by atoms with Gasteiger partial charge in [-0.3, -0.25) is 4.79 Å². The van der Waals surface area contributed by atoms with Crippen LogP contribution in [0.1, 0.15) is 25.3 Å². The van der Waals surface area contributed by atoms with Crippen molar-refractivity contribution < 1.29 is 13.9 Å². The molecule has 1 aliphatic heterocycles. The summed E-state index contributed by atoms with van der Waals surface area (Å²) in [7, 11) is 1.79. The summed E-state index contributed by atoms with van der Waals surface area (Å²) in [6, 6.07) is 4.36. The lowest BCUT2D eigenvalue weighted by Gasteiger charge is -2.22. The van der Waals surface area contributed by atoms with Crippen LogP contribution in [0, 0.1) is 5.82 Å². The standard InChI is InChI=1S/C15H21FN2O2/c1-11(15(19)18-7-3-4-8-18)20-14-6-5-13(16)9-12(14)10-17-2/h5-6,9,11,17H,3-4,7-8,10H2,1-2H3. The van der Waals surface area contributed by atoms with Gasteiger partial charge >= 0.3 is 0 Å². The Morgan fingerprint density at radius 2 is 2.15 bits per heavy atom. The van der Waals surface area contributed by atoms with E-state index in [-0.39, 0.29) is 11.7 Å². The van der Waals surface area contributed by atoms with E-state index < -0.39 is 6.10 Å². The van der Waals surface area contributed by atoms with Gasteiger partial charge in [0.2, 0.25) is 0 Å². The van der Waals surface area contributed by atoms with Crippen LogP contribution in [0.4, 0.5) is 4.39 Å². The first-order chi connectivity index (χ1) is 9.61. The molecule has 5 heteroatoms. The molecule has 1 fully saturated rings. The van der Waals surface area contributed by atoms with Crippen LogP contribution in [-0.4, -0.2) is 37.0 Å². The van der Waals surface area contributed by atoms with Crippen LogP contribution < -0.4 is 10.1 Å². The topological polar surface area (TPSA) is 41.6 Å². The summed E-state index contributed by atoms with van der Waals surface area (Å²) in [5.74, 6) is 0.254. The molecular formula is C15H21FN2O2. The lowest BCUT2D eigenvalue weighted by molar-refractivity contribution is -0.136. The SMILES string of the molecule is CNCc1cc(F)ccc1OC(C)C(=O)N1CCCC1. The molecule has 1 aromatic rings. The molecule has 0 aliphatic carbocycles. The fourth-order valence-corrected chi connectivity index (χ4v) is 2.43. The van der Waals surface area contributed by atoms with E-state index in [1.54, 1.807) is 20.0 Å². The quantitative estimate of drug-likeness (QED) is 0.896. The zero-order valence-corrected chi connectivity index (χ0v) is 12.0. The number of carbonyl (C=O) groups is 1. The third-order valence-electron chi connectivity index (χ3n) is 3.46. The Bertz CT molecular complexity index is 473. The van der Waals surface area contributed by atoms with Gasteiger partial charge in [0.1, 0.15) is 11.6 Å². The predicted molar refractivity (Wildman–Crippen MR) is 75.1 cm³/mol. The number of hydrogen-bond donors (Lipinski definition) is 1.